The number of hydrogen-bond donors (Lipinski definition) is 0. The highest BCUT2D eigenvalue weighted by Gasteiger charge is 2.26. The zero-order valence-electron chi connectivity index (χ0n) is 13.5. The number of benzene rings is 1. The predicted molar refractivity (Wildman–Crippen MR) is 84.8 cm³/mol. The number of carbonyl (C=O) groups is 2. The molecule has 0 N–H and O–H groups in total. The lowest BCUT2D eigenvalue weighted by Crippen LogP contribution is -2.51. The number of rotatable bonds is 5. The summed E-state index contributed by atoms with van der Waals surface area (Å²) in [5.41, 5.74) is 1.10. The first-order valence-corrected chi connectivity index (χ1v) is 7.76. The summed E-state index contributed by atoms with van der Waals surface area (Å²) in [5.74, 6) is 1.09. The molecule has 22 heavy (non-hydrogen) atoms. The molecule has 1 aliphatic heterocycles. The zero-order chi connectivity index (χ0) is 16.1. The largest absolute Gasteiger partial charge is 0.481 e. The summed E-state index contributed by atoms with van der Waals surface area (Å²) < 4.78 is 5.90. The second kappa shape index (κ2) is 7.29. The summed E-state index contributed by atoms with van der Waals surface area (Å²) in [5, 5.41) is 0. The van der Waals surface area contributed by atoms with Crippen LogP contribution in [0.2, 0.25) is 0 Å². The summed E-state index contributed by atoms with van der Waals surface area (Å²) in [4.78, 5) is 26.6. The Morgan fingerprint density at radius 3 is 2.36 bits per heavy atom. The molecule has 5 nitrogen and oxygen atoms in total. The number of nitrogens with zero attached hydrogens (tertiary/aromatic N) is 2. The van der Waals surface area contributed by atoms with Gasteiger partial charge in [-0.1, -0.05) is 32.0 Å². The Labute approximate surface area is 131 Å². The first-order valence-electron chi connectivity index (χ1n) is 7.76. The van der Waals surface area contributed by atoms with Crippen LogP contribution < -0.4 is 4.74 Å². The molecular formula is C17H24N2O3. The second-order valence-corrected chi connectivity index (χ2v) is 5.92. The molecule has 1 fully saturated rings. The molecule has 0 aromatic heterocycles. The molecular weight excluding hydrogens is 280 g/mol. The molecule has 2 rings (SSSR count). The highest BCUT2D eigenvalue weighted by atomic mass is 16.5. The lowest BCUT2D eigenvalue weighted by atomic mass is 10.0. The Bertz CT molecular complexity index is 522. The number of hydrogen-bond acceptors (Lipinski definition) is 3. The van der Waals surface area contributed by atoms with Gasteiger partial charge in [0.05, 0.1) is 0 Å². The van der Waals surface area contributed by atoms with Gasteiger partial charge in [0.15, 0.2) is 6.10 Å². The van der Waals surface area contributed by atoms with E-state index < -0.39 is 6.10 Å². The fourth-order valence-electron chi connectivity index (χ4n) is 2.61. The minimum atomic E-state index is -0.525. The van der Waals surface area contributed by atoms with Crippen LogP contribution in [-0.2, 0) is 9.59 Å². The van der Waals surface area contributed by atoms with E-state index in [0.717, 1.165) is 17.7 Å². The third-order valence-corrected chi connectivity index (χ3v) is 3.97. The molecule has 0 unspecified atom stereocenters. The van der Waals surface area contributed by atoms with Gasteiger partial charge < -0.3 is 14.5 Å². The van der Waals surface area contributed by atoms with E-state index in [2.05, 4.69) is 13.8 Å². The van der Waals surface area contributed by atoms with Gasteiger partial charge in [0, 0.05) is 26.2 Å². The maximum absolute atomic E-state index is 12.5. The van der Waals surface area contributed by atoms with E-state index in [1.165, 1.54) is 0 Å². The maximum Gasteiger partial charge on any atom is 0.263 e. The number of ether oxygens (including phenoxy) is 1. The fraction of sp³-hybridized carbons (Fsp3) is 0.529. The number of para-hydroxylation sites is 1. The lowest BCUT2D eigenvalue weighted by molar-refractivity contribution is -0.141. The zero-order valence-corrected chi connectivity index (χ0v) is 13.5. The van der Waals surface area contributed by atoms with Gasteiger partial charge in [-0.25, -0.2) is 0 Å². The van der Waals surface area contributed by atoms with Crippen LogP contribution in [0, 0.1) is 0 Å². The van der Waals surface area contributed by atoms with Crippen LogP contribution in [-0.4, -0.2) is 54.4 Å². The normalized spacial score (nSPS) is 16.5. The number of amides is 2. The van der Waals surface area contributed by atoms with E-state index in [1.54, 1.807) is 16.7 Å². The van der Waals surface area contributed by atoms with Gasteiger partial charge in [-0.05, 0) is 24.5 Å². The molecule has 1 atom stereocenters. The smallest absolute Gasteiger partial charge is 0.263 e. The Hall–Kier alpha value is -2.04. The minimum Gasteiger partial charge on any atom is -0.481 e. The van der Waals surface area contributed by atoms with Crippen LogP contribution in [0.1, 0.15) is 32.3 Å². The number of carbonyl (C=O) groups excluding carboxylic acids is 2. The SMILES string of the molecule is CC(C)c1ccccc1O[C@@H](C)C(=O)N1CCN(C=O)CC1. The van der Waals surface area contributed by atoms with Crippen molar-refractivity contribution < 1.29 is 14.3 Å². The Morgan fingerprint density at radius 1 is 1.14 bits per heavy atom. The van der Waals surface area contributed by atoms with Crippen molar-refractivity contribution in [3.05, 3.63) is 29.8 Å². The van der Waals surface area contributed by atoms with Crippen LogP contribution in [0.25, 0.3) is 0 Å². The van der Waals surface area contributed by atoms with E-state index in [9.17, 15) is 9.59 Å². The summed E-state index contributed by atoms with van der Waals surface area (Å²) >= 11 is 0. The third-order valence-electron chi connectivity index (χ3n) is 3.97. The van der Waals surface area contributed by atoms with E-state index in [4.69, 9.17) is 4.74 Å². The van der Waals surface area contributed by atoms with Crippen molar-refractivity contribution in [2.24, 2.45) is 0 Å². The van der Waals surface area contributed by atoms with Gasteiger partial charge in [0.1, 0.15) is 5.75 Å². The molecule has 1 saturated heterocycles. The Kier molecular flexibility index (Phi) is 5.41. The Morgan fingerprint density at radius 2 is 1.77 bits per heavy atom. The van der Waals surface area contributed by atoms with E-state index in [0.29, 0.717) is 32.1 Å². The van der Waals surface area contributed by atoms with Crippen LogP contribution in [0.3, 0.4) is 0 Å². The van der Waals surface area contributed by atoms with Crippen molar-refractivity contribution >= 4 is 12.3 Å². The Balaban J connectivity index is 1.99. The van der Waals surface area contributed by atoms with Crippen molar-refractivity contribution in [3.8, 4) is 5.75 Å². The molecule has 0 saturated carbocycles. The molecule has 1 aromatic rings. The molecule has 0 bridgehead atoms. The van der Waals surface area contributed by atoms with Crippen molar-refractivity contribution in [1.29, 1.82) is 0 Å². The molecule has 1 heterocycles. The molecule has 0 aliphatic carbocycles. The van der Waals surface area contributed by atoms with Crippen molar-refractivity contribution in [3.63, 3.8) is 0 Å². The van der Waals surface area contributed by atoms with E-state index >= 15 is 0 Å². The molecule has 0 spiro atoms. The summed E-state index contributed by atoms with van der Waals surface area (Å²) in [7, 11) is 0. The van der Waals surface area contributed by atoms with E-state index in [1.807, 2.05) is 24.3 Å². The van der Waals surface area contributed by atoms with Gasteiger partial charge in [-0.15, -0.1) is 0 Å². The van der Waals surface area contributed by atoms with E-state index in [-0.39, 0.29) is 5.91 Å². The van der Waals surface area contributed by atoms with Crippen molar-refractivity contribution in [2.75, 3.05) is 26.2 Å². The van der Waals surface area contributed by atoms with Gasteiger partial charge >= 0.3 is 0 Å². The van der Waals surface area contributed by atoms with Crippen molar-refractivity contribution in [2.45, 2.75) is 32.8 Å². The van der Waals surface area contributed by atoms with Crippen LogP contribution in [0.15, 0.2) is 24.3 Å². The van der Waals surface area contributed by atoms with Gasteiger partial charge in [0.2, 0.25) is 6.41 Å². The molecule has 0 radical (unpaired) electrons. The predicted octanol–water partition coefficient (Wildman–Crippen LogP) is 1.88. The summed E-state index contributed by atoms with van der Waals surface area (Å²) in [6.45, 7) is 8.30. The lowest BCUT2D eigenvalue weighted by Gasteiger charge is -2.34. The second-order valence-electron chi connectivity index (χ2n) is 5.92. The maximum atomic E-state index is 12.5. The quantitative estimate of drug-likeness (QED) is 0.780. The first kappa shape index (κ1) is 16.3. The summed E-state index contributed by atoms with van der Waals surface area (Å²) in [6.07, 6.45) is 0.309. The topological polar surface area (TPSA) is 49.9 Å². The number of piperazine rings is 1. The average molecular weight is 304 g/mol. The third kappa shape index (κ3) is 3.78. The molecule has 1 aliphatic rings. The average Bonchev–Trinajstić information content (AvgIpc) is 2.54. The molecule has 1 aromatic carbocycles. The van der Waals surface area contributed by atoms with Crippen molar-refractivity contribution in [1.82, 2.24) is 9.80 Å². The van der Waals surface area contributed by atoms with Crippen LogP contribution in [0.4, 0.5) is 0 Å². The molecule has 2 amide bonds. The van der Waals surface area contributed by atoms with Crippen LogP contribution in [0.5, 0.6) is 5.75 Å². The fourth-order valence-corrected chi connectivity index (χ4v) is 2.61. The molecule has 5 heteroatoms. The summed E-state index contributed by atoms with van der Waals surface area (Å²) in [6, 6.07) is 7.83. The monoisotopic (exact) mass is 304 g/mol. The van der Waals surface area contributed by atoms with Gasteiger partial charge in [-0.3, -0.25) is 9.59 Å². The van der Waals surface area contributed by atoms with Gasteiger partial charge in [-0.2, -0.15) is 0 Å². The minimum absolute atomic E-state index is 0.0240. The first-order chi connectivity index (χ1) is 10.5. The van der Waals surface area contributed by atoms with Crippen LogP contribution >= 0.6 is 0 Å². The highest BCUT2D eigenvalue weighted by molar-refractivity contribution is 5.81. The standard InChI is InChI=1S/C17H24N2O3/c1-13(2)15-6-4-5-7-16(15)22-14(3)17(21)19-10-8-18(12-20)9-11-19/h4-7,12-14H,8-11H2,1-3H3/t14-/m0/s1. The molecule has 120 valence electrons. The van der Waals surface area contributed by atoms with Gasteiger partial charge in [0.25, 0.3) is 5.91 Å². The highest BCUT2D eigenvalue weighted by Crippen LogP contribution is 2.27.